The lowest BCUT2D eigenvalue weighted by atomic mass is 9.86. The van der Waals surface area contributed by atoms with Crippen molar-refractivity contribution in [2.24, 2.45) is 0 Å². The number of ketones is 1. The molecule has 1 aromatic rings. The molecule has 1 saturated heterocycles. The first-order chi connectivity index (χ1) is 9.49. The van der Waals surface area contributed by atoms with Gasteiger partial charge < -0.3 is 4.74 Å². The van der Waals surface area contributed by atoms with Crippen LogP contribution in [0.5, 0.6) is 0 Å². The van der Waals surface area contributed by atoms with E-state index in [0.29, 0.717) is 24.3 Å². The Morgan fingerprint density at radius 1 is 1.40 bits per heavy atom. The lowest BCUT2D eigenvalue weighted by Crippen LogP contribution is -2.56. The summed E-state index contributed by atoms with van der Waals surface area (Å²) in [4.78, 5) is 15.0. The highest BCUT2D eigenvalue weighted by molar-refractivity contribution is 6.03. The second-order valence-corrected chi connectivity index (χ2v) is 5.52. The van der Waals surface area contributed by atoms with Crippen LogP contribution < -0.4 is 0 Å². The van der Waals surface area contributed by atoms with Crippen molar-refractivity contribution in [3.63, 3.8) is 0 Å². The molecule has 0 aromatic heterocycles. The Kier molecular flexibility index (Phi) is 4.55. The van der Waals surface area contributed by atoms with E-state index in [1.54, 1.807) is 19.1 Å². The van der Waals surface area contributed by atoms with Crippen molar-refractivity contribution < 1.29 is 13.9 Å². The highest BCUT2D eigenvalue weighted by atomic mass is 19.1. The van der Waals surface area contributed by atoms with Crippen molar-refractivity contribution in [2.75, 3.05) is 26.3 Å². The van der Waals surface area contributed by atoms with Gasteiger partial charge in [0.1, 0.15) is 5.82 Å². The Morgan fingerprint density at radius 2 is 2.05 bits per heavy atom. The van der Waals surface area contributed by atoms with Crippen LogP contribution in [0.1, 0.15) is 36.2 Å². The fraction of sp³-hybridized carbons (Fsp3) is 0.562. The molecule has 2 rings (SSSR count). The molecule has 4 heteroatoms. The third-order valence-corrected chi connectivity index (χ3v) is 4.31. The highest BCUT2D eigenvalue weighted by Gasteiger charge is 2.38. The van der Waals surface area contributed by atoms with Gasteiger partial charge in [-0.2, -0.15) is 0 Å². The van der Waals surface area contributed by atoms with Crippen molar-refractivity contribution >= 4 is 5.78 Å². The minimum absolute atomic E-state index is 0.0602. The van der Waals surface area contributed by atoms with Gasteiger partial charge in [0.2, 0.25) is 0 Å². The number of hydrogen-bond acceptors (Lipinski definition) is 3. The molecule has 0 bridgehead atoms. The number of benzene rings is 1. The molecular weight excluding hydrogens is 257 g/mol. The maximum Gasteiger partial charge on any atom is 0.182 e. The molecule has 1 aromatic carbocycles. The Morgan fingerprint density at radius 3 is 2.60 bits per heavy atom. The van der Waals surface area contributed by atoms with Gasteiger partial charge in [-0.15, -0.1) is 0 Å². The Labute approximate surface area is 119 Å². The Hall–Kier alpha value is -1.26. The van der Waals surface area contributed by atoms with Gasteiger partial charge in [0, 0.05) is 18.7 Å². The summed E-state index contributed by atoms with van der Waals surface area (Å²) in [5.74, 6) is -0.212. The molecule has 0 N–H and O–H groups in total. The van der Waals surface area contributed by atoms with Crippen LogP contribution in [-0.4, -0.2) is 42.5 Å². The number of morpholine rings is 1. The first kappa shape index (κ1) is 15.1. The number of rotatable bonds is 4. The number of carbonyl (C=O) groups is 1. The van der Waals surface area contributed by atoms with Gasteiger partial charge in [0.15, 0.2) is 5.78 Å². The predicted octanol–water partition coefficient (Wildman–Crippen LogP) is 2.82. The topological polar surface area (TPSA) is 29.5 Å². The summed E-state index contributed by atoms with van der Waals surface area (Å²) in [7, 11) is 0. The lowest BCUT2D eigenvalue weighted by molar-refractivity contribution is -0.0106. The molecule has 1 atom stereocenters. The first-order valence-corrected chi connectivity index (χ1v) is 7.13. The van der Waals surface area contributed by atoms with E-state index < -0.39 is 5.54 Å². The van der Waals surface area contributed by atoms with Crippen LogP contribution in [0.4, 0.5) is 4.39 Å². The molecule has 0 saturated carbocycles. The van der Waals surface area contributed by atoms with Crippen molar-refractivity contribution in [1.29, 1.82) is 0 Å². The van der Waals surface area contributed by atoms with Crippen LogP contribution in [0.2, 0.25) is 0 Å². The fourth-order valence-corrected chi connectivity index (χ4v) is 2.68. The molecule has 0 aliphatic carbocycles. The monoisotopic (exact) mass is 279 g/mol. The third kappa shape index (κ3) is 2.76. The van der Waals surface area contributed by atoms with Gasteiger partial charge in [-0.05, 0) is 44.0 Å². The number of nitrogens with zero attached hydrogens (tertiary/aromatic N) is 1. The van der Waals surface area contributed by atoms with Gasteiger partial charge in [-0.25, -0.2) is 4.39 Å². The Bertz CT molecular complexity index is 497. The quantitative estimate of drug-likeness (QED) is 0.794. The molecule has 0 spiro atoms. The van der Waals surface area contributed by atoms with E-state index in [1.807, 2.05) is 13.8 Å². The van der Waals surface area contributed by atoms with Gasteiger partial charge in [0.25, 0.3) is 0 Å². The SMILES string of the molecule is CCC(C)(C(=O)c1ccc(F)c(C)c1)N1CCOCC1. The van der Waals surface area contributed by atoms with Crippen LogP contribution in [-0.2, 0) is 4.74 Å². The molecule has 1 aliphatic heterocycles. The summed E-state index contributed by atoms with van der Waals surface area (Å²) in [6.07, 6.45) is 0.724. The molecule has 1 aliphatic rings. The van der Waals surface area contributed by atoms with E-state index in [-0.39, 0.29) is 11.6 Å². The summed E-state index contributed by atoms with van der Waals surface area (Å²) >= 11 is 0. The van der Waals surface area contributed by atoms with Gasteiger partial charge >= 0.3 is 0 Å². The Balaban J connectivity index is 2.29. The number of aryl methyl sites for hydroxylation is 1. The number of hydrogen-bond donors (Lipinski definition) is 0. The third-order valence-electron chi connectivity index (χ3n) is 4.31. The zero-order chi connectivity index (χ0) is 14.8. The maximum atomic E-state index is 13.4. The average molecular weight is 279 g/mol. The standard InChI is InChI=1S/C16H22FNO2/c1-4-16(3,18-7-9-20-10-8-18)15(19)13-5-6-14(17)12(2)11-13/h5-6,11H,4,7-10H2,1-3H3. The number of Topliss-reactive ketones (excluding diaryl/α,β-unsaturated/α-hetero) is 1. The predicted molar refractivity (Wildman–Crippen MR) is 76.6 cm³/mol. The van der Waals surface area contributed by atoms with E-state index in [1.165, 1.54) is 6.07 Å². The van der Waals surface area contributed by atoms with Crippen molar-refractivity contribution in [3.05, 3.63) is 35.1 Å². The zero-order valence-corrected chi connectivity index (χ0v) is 12.4. The molecule has 1 heterocycles. The van der Waals surface area contributed by atoms with Crippen LogP contribution in [0.15, 0.2) is 18.2 Å². The molecule has 20 heavy (non-hydrogen) atoms. The summed E-state index contributed by atoms with van der Waals surface area (Å²) < 4.78 is 18.7. The molecular formula is C16H22FNO2. The maximum absolute atomic E-state index is 13.4. The largest absolute Gasteiger partial charge is 0.379 e. The van der Waals surface area contributed by atoms with Crippen LogP contribution in [0.3, 0.4) is 0 Å². The second kappa shape index (κ2) is 6.02. The number of carbonyl (C=O) groups excluding carboxylic acids is 1. The van der Waals surface area contributed by atoms with E-state index in [9.17, 15) is 9.18 Å². The van der Waals surface area contributed by atoms with Crippen LogP contribution >= 0.6 is 0 Å². The van der Waals surface area contributed by atoms with Gasteiger partial charge in [0.05, 0.1) is 18.8 Å². The van der Waals surface area contributed by atoms with Crippen molar-refractivity contribution in [2.45, 2.75) is 32.7 Å². The summed E-state index contributed by atoms with van der Waals surface area (Å²) in [6.45, 7) is 8.51. The highest BCUT2D eigenvalue weighted by Crippen LogP contribution is 2.26. The molecule has 0 amide bonds. The molecule has 3 nitrogen and oxygen atoms in total. The summed E-state index contributed by atoms with van der Waals surface area (Å²) in [6, 6.07) is 4.60. The number of ether oxygens (including phenoxy) is 1. The minimum Gasteiger partial charge on any atom is -0.379 e. The van der Waals surface area contributed by atoms with E-state index in [4.69, 9.17) is 4.74 Å². The van der Waals surface area contributed by atoms with E-state index in [2.05, 4.69) is 4.90 Å². The molecule has 110 valence electrons. The second-order valence-electron chi connectivity index (χ2n) is 5.52. The normalized spacial score (nSPS) is 19.6. The van der Waals surface area contributed by atoms with E-state index in [0.717, 1.165) is 19.5 Å². The average Bonchev–Trinajstić information content (AvgIpc) is 2.49. The fourth-order valence-electron chi connectivity index (χ4n) is 2.68. The van der Waals surface area contributed by atoms with Crippen molar-refractivity contribution in [1.82, 2.24) is 4.90 Å². The molecule has 1 unspecified atom stereocenters. The molecule has 0 radical (unpaired) electrons. The smallest absolute Gasteiger partial charge is 0.182 e. The zero-order valence-electron chi connectivity index (χ0n) is 12.4. The lowest BCUT2D eigenvalue weighted by Gasteiger charge is -2.41. The molecule has 1 fully saturated rings. The van der Waals surface area contributed by atoms with Crippen LogP contribution in [0.25, 0.3) is 0 Å². The van der Waals surface area contributed by atoms with Crippen LogP contribution in [0, 0.1) is 12.7 Å². The summed E-state index contributed by atoms with van der Waals surface area (Å²) in [5, 5.41) is 0. The number of halogens is 1. The van der Waals surface area contributed by atoms with Gasteiger partial charge in [-0.3, -0.25) is 9.69 Å². The van der Waals surface area contributed by atoms with E-state index >= 15 is 0 Å². The van der Waals surface area contributed by atoms with Gasteiger partial charge in [-0.1, -0.05) is 6.92 Å². The minimum atomic E-state index is -0.548. The first-order valence-electron chi connectivity index (χ1n) is 7.13. The van der Waals surface area contributed by atoms with Crippen molar-refractivity contribution in [3.8, 4) is 0 Å². The summed E-state index contributed by atoms with van der Waals surface area (Å²) in [5.41, 5.74) is 0.546.